The van der Waals surface area contributed by atoms with Gasteiger partial charge in [0.05, 0.1) is 5.56 Å². The molecular formula is C14H22ClN5O. The fraction of sp³-hybridized carbons (Fsp3) is 0.643. The Morgan fingerprint density at radius 3 is 2.48 bits per heavy atom. The molecule has 0 spiro atoms. The molecule has 6 nitrogen and oxygen atoms in total. The predicted molar refractivity (Wildman–Crippen MR) is 83.5 cm³/mol. The summed E-state index contributed by atoms with van der Waals surface area (Å²) >= 11 is 5.82. The first-order chi connectivity index (χ1) is 9.58. The van der Waals surface area contributed by atoms with Crippen molar-refractivity contribution in [2.75, 3.05) is 5.32 Å². The number of nitrogens with two attached hydrogens (primary N) is 1. The number of hydrogen-bond donors (Lipinski definition) is 3. The van der Waals surface area contributed by atoms with Crippen LogP contribution in [0.2, 0.25) is 5.28 Å². The van der Waals surface area contributed by atoms with Crippen molar-refractivity contribution in [1.82, 2.24) is 15.3 Å². The molecule has 1 fully saturated rings. The Morgan fingerprint density at radius 2 is 1.95 bits per heavy atom. The molecule has 1 aromatic rings. The van der Waals surface area contributed by atoms with E-state index in [1.807, 2.05) is 0 Å². The summed E-state index contributed by atoms with van der Waals surface area (Å²) in [7, 11) is 0. The van der Waals surface area contributed by atoms with Crippen molar-refractivity contribution < 1.29 is 4.79 Å². The van der Waals surface area contributed by atoms with Crippen molar-refractivity contribution in [1.29, 1.82) is 0 Å². The van der Waals surface area contributed by atoms with E-state index >= 15 is 0 Å². The summed E-state index contributed by atoms with van der Waals surface area (Å²) in [5.41, 5.74) is 5.60. The molecule has 1 aromatic heterocycles. The maximum atomic E-state index is 11.5. The van der Waals surface area contributed by atoms with Gasteiger partial charge in [-0.1, -0.05) is 0 Å². The van der Waals surface area contributed by atoms with E-state index in [0.29, 0.717) is 5.82 Å². The highest BCUT2D eigenvalue weighted by atomic mass is 35.5. The van der Waals surface area contributed by atoms with E-state index in [1.54, 1.807) is 0 Å². The molecule has 4 N–H and O–H groups in total. The van der Waals surface area contributed by atoms with Crippen LogP contribution in [0.4, 0.5) is 5.82 Å². The molecule has 0 bridgehead atoms. The summed E-state index contributed by atoms with van der Waals surface area (Å²) < 4.78 is 0. The van der Waals surface area contributed by atoms with Crippen LogP contribution in [0.25, 0.3) is 0 Å². The third kappa shape index (κ3) is 4.04. The number of aromatic nitrogens is 2. The van der Waals surface area contributed by atoms with E-state index in [-0.39, 0.29) is 28.0 Å². The summed E-state index contributed by atoms with van der Waals surface area (Å²) in [6.45, 7) is 8.63. The number of nitrogens with zero attached hydrogens (tertiary/aromatic N) is 2. The molecule has 116 valence electrons. The Balaban J connectivity index is 2.25. The van der Waals surface area contributed by atoms with Crippen LogP contribution in [0.1, 0.15) is 50.9 Å². The zero-order chi connectivity index (χ0) is 15.8. The van der Waals surface area contributed by atoms with Crippen molar-refractivity contribution in [2.45, 2.75) is 57.7 Å². The van der Waals surface area contributed by atoms with Crippen LogP contribution in [0.5, 0.6) is 0 Å². The highest BCUT2D eigenvalue weighted by Crippen LogP contribution is 2.30. The standard InChI is InChI=1S/C14H22ClN5O/c1-13(2)5-8(6-14(3,4)20-13)18-11-9(10(16)21)7-17-12(15)19-11/h7-8,20H,5-6H2,1-4H3,(H2,16,21)(H,17,18,19). The Kier molecular flexibility index (Phi) is 4.13. The van der Waals surface area contributed by atoms with Crippen LogP contribution in [0, 0.1) is 0 Å². The number of nitrogens with one attached hydrogen (secondary N) is 2. The average molecular weight is 312 g/mol. The minimum atomic E-state index is -0.568. The van der Waals surface area contributed by atoms with E-state index in [2.05, 4.69) is 48.3 Å². The minimum Gasteiger partial charge on any atom is -0.366 e. The smallest absolute Gasteiger partial charge is 0.254 e. The second kappa shape index (κ2) is 5.42. The molecule has 7 heteroatoms. The number of primary amides is 1. The Hall–Kier alpha value is -1.40. The lowest BCUT2D eigenvalue weighted by Gasteiger charge is -2.46. The second-order valence-electron chi connectivity index (χ2n) is 6.91. The number of anilines is 1. The van der Waals surface area contributed by atoms with Gasteiger partial charge in [0.25, 0.3) is 5.91 Å². The Labute approximate surface area is 129 Å². The van der Waals surface area contributed by atoms with Gasteiger partial charge in [0.15, 0.2) is 0 Å². The summed E-state index contributed by atoms with van der Waals surface area (Å²) in [5.74, 6) is -0.164. The fourth-order valence-corrected chi connectivity index (χ4v) is 3.40. The Morgan fingerprint density at radius 1 is 1.38 bits per heavy atom. The van der Waals surface area contributed by atoms with Gasteiger partial charge >= 0.3 is 0 Å². The molecule has 1 saturated heterocycles. The van der Waals surface area contributed by atoms with Crippen LogP contribution in [0.3, 0.4) is 0 Å². The van der Waals surface area contributed by atoms with Crippen LogP contribution in [-0.2, 0) is 0 Å². The van der Waals surface area contributed by atoms with Gasteiger partial charge < -0.3 is 16.4 Å². The van der Waals surface area contributed by atoms with Gasteiger partial charge in [-0.3, -0.25) is 4.79 Å². The first-order valence-electron chi connectivity index (χ1n) is 6.96. The molecule has 0 unspecified atom stereocenters. The maximum Gasteiger partial charge on any atom is 0.254 e. The first-order valence-corrected chi connectivity index (χ1v) is 7.34. The molecule has 1 amide bonds. The lowest BCUT2D eigenvalue weighted by molar-refractivity contribution is 0.100. The van der Waals surface area contributed by atoms with Gasteiger partial charge in [-0.2, -0.15) is 4.98 Å². The number of hydrogen-bond acceptors (Lipinski definition) is 5. The van der Waals surface area contributed by atoms with Gasteiger partial charge in [0, 0.05) is 23.3 Å². The SMILES string of the molecule is CC1(C)CC(Nc2nc(Cl)ncc2C(N)=O)CC(C)(C)N1. The van der Waals surface area contributed by atoms with Gasteiger partial charge in [-0.25, -0.2) is 4.98 Å². The van der Waals surface area contributed by atoms with Crippen molar-refractivity contribution in [3.8, 4) is 0 Å². The highest BCUT2D eigenvalue weighted by molar-refractivity contribution is 6.28. The molecule has 0 aliphatic carbocycles. The zero-order valence-electron chi connectivity index (χ0n) is 12.8. The molecule has 21 heavy (non-hydrogen) atoms. The third-order valence-electron chi connectivity index (χ3n) is 3.56. The Bertz CT molecular complexity index is 542. The fourth-order valence-electron chi connectivity index (χ4n) is 3.27. The van der Waals surface area contributed by atoms with Crippen molar-refractivity contribution >= 4 is 23.3 Å². The molecule has 1 aliphatic heterocycles. The number of rotatable bonds is 3. The van der Waals surface area contributed by atoms with E-state index in [4.69, 9.17) is 17.3 Å². The van der Waals surface area contributed by atoms with Crippen LogP contribution < -0.4 is 16.4 Å². The van der Waals surface area contributed by atoms with Crippen molar-refractivity contribution in [2.24, 2.45) is 5.73 Å². The average Bonchev–Trinajstić information content (AvgIpc) is 2.23. The lowest BCUT2D eigenvalue weighted by atomic mass is 9.79. The topological polar surface area (TPSA) is 92.9 Å². The molecule has 2 rings (SSSR count). The number of carbonyl (C=O) groups excluding carboxylic acids is 1. The number of halogens is 1. The van der Waals surface area contributed by atoms with Gasteiger partial charge in [0.2, 0.25) is 5.28 Å². The third-order valence-corrected chi connectivity index (χ3v) is 3.74. The summed E-state index contributed by atoms with van der Waals surface area (Å²) in [6.07, 6.45) is 3.16. The summed E-state index contributed by atoms with van der Waals surface area (Å²) in [6, 6.07) is 0.167. The van der Waals surface area contributed by atoms with E-state index in [9.17, 15) is 4.79 Å². The molecular weight excluding hydrogens is 290 g/mol. The normalized spacial score (nSPS) is 21.0. The summed E-state index contributed by atoms with van der Waals surface area (Å²) in [5, 5.41) is 7.01. The van der Waals surface area contributed by atoms with E-state index in [1.165, 1.54) is 6.20 Å². The predicted octanol–water partition coefficient (Wildman–Crippen LogP) is 1.95. The number of carbonyl (C=O) groups is 1. The molecule has 2 heterocycles. The van der Waals surface area contributed by atoms with Gasteiger partial charge in [-0.05, 0) is 52.1 Å². The molecule has 0 aromatic carbocycles. The molecule has 0 radical (unpaired) electrons. The monoisotopic (exact) mass is 311 g/mol. The summed E-state index contributed by atoms with van der Waals surface area (Å²) in [4.78, 5) is 19.4. The molecule has 0 atom stereocenters. The van der Waals surface area contributed by atoms with Crippen LogP contribution in [0.15, 0.2) is 6.20 Å². The van der Waals surface area contributed by atoms with Crippen LogP contribution in [-0.4, -0.2) is 33.0 Å². The maximum absolute atomic E-state index is 11.5. The first kappa shape index (κ1) is 16.0. The lowest BCUT2D eigenvalue weighted by Crippen LogP contribution is -2.60. The van der Waals surface area contributed by atoms with E-state index < -0.39 is 5.91 Å². The number of piperidine rings is 1. The largest absolute Gasteiger partial charge is 0.366 e. The van der Waals surface area contributed by atoms with Crippen LogP contribution >= 0.6 is 11.6 Å². The zero-order valence-corrected chi connectivity index (χ0v) is 13.6. The molecule has 0 saturated carbocycles. The van der Waals surface area contributed by atoms with Gasteiger partial charge in [0.1, 0.15) is 5.82 Å². The van der Waals surface area contributed by atoms with Gasteiger partial charge in [-0.15, -0.1) is 0 Å². The number of amides is 1. The quantitative estimate of drug-likeness (QED) is 0.742. The van der Waals surface area contributed by atoms with E-state index in [0.717, 1.165) is 12.8 Å². The highest BCUT2D eigenvalue weighted by Gasteiger charge is 2.38. The van der Waals surface area contributed by atoms with Crippen molar-refractivity contribution in [3.63, 3.8) is 0 Å². The van der Waals surface area contributed by atoms with Crippen molar-refractivity contribution in [3.05, 3.63) is 17.0 Å². The second-order valence-corrected chi connectivity index (χ2v) is 7.25. The molecule has 1 aliphatic rings. The minimum absolute atomic E-state index is 0.0108.